The van der Waals surface area contributed by atoms with Crippen LogP contribution in [0.3, 0.4) is 0 Å². The van der Waals surface area contributed by atoms with Crippen molar-refractivity contribution < 1.29 is 41.1 Å². The molecule has 0 aliphatic carbocycles. The van der Waals surface area contributed by atoms with Crippen molar-refractivity contribution in [1.29, 1.82) is 5.41 Å². The van der Waals surface area contributed by atoms with Gasteiger partial charge in [0, 0.05) is 19.6 Å². The summed E-state index contributed by atoms with van der Waals surface area (Å²) in [5.41, 5.74) is 5.62. The zero-order valence-electron chi connectivity index (χ0n) is 24.6. The number of carboxylic acid groups (broad SMARTS) is 1. The van der Waals surface area contributed by atoms with Crippen molar-refractivity contribution in [1.82, 2.24) is 20.3 Å². The number of Topliss-reactive ketones (excluding diaryl/α,β-unsaturated/α-hetero) is 1. The second kappa shape index (κ2) is 16.0. The minimum Gasteiger partial charge on any atom is -0.475 e. The number of carbonyl (C=O) groups excluding carboxylic acids is 2. The van der Waals surface area contributed by atoms with Crippen LogP contribution in [-0.4, -0.2) is 86.5 Å². The number of likely N-dealkylation sites (tertiary alicyclic amines) is 1. The molecular formula is C29H39F3N6O6S. The Labute approximate surface area is 259 Å². The number of sulfonamides is 1. The highest BCUT2D eigenvalue weighted by atomic mass is 32.2. The third kappa shape index (κ3) is 11.0. The van der Waals surface area contributed by atoms with E-state index in [-0.39, 0.29) is 29.0 Å². The number of benzene rings is 2. The average molecular weight is 657 g/mol. The molecule has 2 saturated heterocycles. The summed E-state index contributed by atoms with van der Waals surface area (Å²) in [6.07, 6.45) is -0.161. The third-order valence-electron chi connectivity index (χ3n) is 7.66. The maximum absolute atomic E-state index is 13.5. The fourth-order valence-corrected chi connectivity index (χ4v) is 6.51. The van der Waals surface area contributed by atoms with Crippen LogP contribution in [0.1, 0.15) is 44.9 Å². The number of fused-ring (bicyclic) bond motifs is 1. The van der Waals surface area contributed by atoms with Crippen LogP contribution in [0.5, 0.6) is 0 Å². The van der Waals surface area contributed by atoms with Crippen molar-refractivity contribution in [3.8, 4) is 0 Å². The van der Waals surface area contributed by atoms with E-state index in [1.165, 1.54) is 6.07 Å². The molecule has 0 saturated carbocycles. The Kier molecular flexibility index (Phi) is 12.7. The number of hydrogen-bond acceptors (Lipinski definition) is 7. The molecule has 248 valence electrons. The summed E-state index contributed by atoms with van der Waals surface area (Å²) in [5, 5.41) is 22.6. The molecule has 12 nitrogen and oxygen atoms in total. The molecule has 0 aromatic heterocycles. The molecule has 2 fully saturated rings. The van der Waals surface area contributed by atoms with Gasteiger partial charge in [0.2, 0.25) is 15.9 Å². The van der Waals surface area contributed by atoms with Crippen LogP contribution in [0, 0.1) is 11.3 Å². The monoisotopic (exact) mass is 656 g/mol. The normalized spacial score (nSPS) is 19.8. The lowest BCUT2D eigenvalue weighted by atomic mass is 9.97. The highest BCUT2D eigenvalue weighted by Gasteiger charge is 2.38. The van der Waals surface area contributed by atoms with Crippen molar-refractivity contribution in [2.24, 2.45) is 11.7 Å². The van der Waals surface area contributed by atoms with Crippen LogP contribution >= 0.6 is 0 Å². The maximum atomic E-state index is 13.5. The molecular weight excluding hydrogens is 617 g/mol. The second-order valence-electron chi connectivity index (χ2n) is 11.1. The number of carboxylic acids is 1. The van der Waals surface area contributed by atoms with Crippen LogP contribution in [0.4, 0.5) is 13.2 Å². The van der Waals surface area contributed by atoms with Crippen molar-refractivity contribution in [3.63, 3.8) is 0 Å². The number of carbonyl (C=O) groups is 3. The second-order valence-corrected chi connectivity index (χ2v) is 12.8. The number of amides is 1. The smallest absolute Gasteiger partial charge is 0.475 e. The summed E-state index contributed by atoms with van der Waals surface area (Å²) in [4.78, 5) is 37.2. The molecule has 2 aliphatic heterocycles. The van der Waals surface area contributed by atoms with Gasteiger partial charge in [-0.3, -0.25) is 15.0 Å². The van der Waals surface area contributed by atoms with E-state index in [0.29, 0.717) is 26.1 Å². The first-order valence-electron chi connectivity index (χ1n) is 14.6. The summed E-state index contributed by atoms with van der Waals surface area (Å²) in [6.45, 7) is 2.36. The number of hydrogen-bond donors (Lipinski definition) is 6. The van der Waals surface area contributed by atoms with E-state index in [4.69, 9.17) is 21.0 Å². The Bertz CT molecular complexity index is 1460. The lowest BCUT2D eigenvalue weighted by Crippen LogP contribution is -2.52. The topological polar surface area (TPSA) is 195 Å². The molecule has 4 rings (SSSR count). The van der Waals surface area contributed by atoms with E-state index < -0.39 is 40.2 Å². The lowest BCUT2D eigenvalue weighted by Gasteiger charge is -2.33. The summed E-state index contributed by atoms with van der Waals surface area (Å²) >= 11 is 0. The predicted molar refractivity (Wildman–Crippen MR) is 161 cm³/mol. The molecule has 0 radical (unpaired) electrons. The standard InChI is InChI=1S/C27H38N6O4S.C2HF3O2/c28-27(29)33-14-6-7-19(18-33)17-31-25(34)16-24(26(35)23-10-2-1-5-13-30-23)32-38(36,37)22-12-11-20-8-3-4-9-21(20)15-22;3-2(4,5)1(6)7/h3-4,8-9,11-12,15,19,23-24,30,32H,1-2,5-7,10,13-14,16-18H2,(H3,28,29)(H,31,34);(H,6,7)/t19?,23?,24-;/m1./s1. The van der Waals surface area contributed by atoms with E-state index in [1.54, 1.807) is 17.0 Å². The molecule has 2 aliphatic rings. The number of nitrogens with zero attached hydrogens (tertiary/aromatic N) is 1. The molecule has 0 spiro atoms. The zero-order chi connectivity index (χ0) is 33.2. The van der Waals surface area contributed by atoms with E-state index in [0.717, 1.165) is 49.4 Å². The minimum absolute atomic E-state index is 0.0192. The van der Waals surface area contributed by atoms with Gasteiger partial charge in [-0.15, -0.1) is 0 Å². The molecule has 2 aromatic carbocycles. The van der Waals surface area contributed by atoms with Crippen molar-refractivity contribution in [2.45, 2.75) is 68.1 Å². The van der Waals surface area contributed by atoms with Crippen LogP contribution in [0.15, 0.2) is 47.4 Å². The number of rotatable bonds is 9. The van der Waals surface area contributed by atoms with Crippen LogP contribution < -0.4 is 21.1 Å². The molecule has 1 amide bonds. The van der Waals surface area contributed by atoms with E-state index in [2.05, 4.69) is 15.4 Å². The van der Waals surface area contributed by atoms with E-state index in [9.17, 15) is 31.2 Å². The number of guanidine groups is 1. The summed E-state index contributed by atoms with van der Waals surface area (Å²) in [5.74, 6) is -3.31. The summed E-state index contributed by atoms with van der Waals surface area (Å²) in [7, 11) is -4.06. The average Bonchev–Trinajstić information content (AvgIpc) is 3.29. The minimum atomic E-state index is -5.08. The first-order chi connectivity index (χ1) is 21.2. The number of piperidine rings is 1. The number of aliphatic carboxylic acids is 1. The zero-order valence-corrected chi connectivity index (χ0v) is 25.4. The number of halogens is 3. The van der Waals surface area contributed by atoms with Gasteiger partial charge >= 0.3 is 12.1 Å². The Hall–Kier alpha value is -3.76. The number of nitrogens with one attached hydrogen (secondary N) is 4. The first kappa shape index (κ1) is 35.7. The Morgan fingerprint density at radius 1 is 1.07 bits per heavy atom. The van der Waals surface area contributed by atoms with E-state index in [1.807, 2.05) is 24.3 Å². The van der Waals surface area contributed by atoms with Gasteiger partial charge in [0.05, 0.1) is 23.4 Å². The van der Waals surface area contributed by atoms with Gasteiger partial charge in [-0.05, 0) is 61.1 Å². The van der Waals surface area contributed by atoms with Crippen LogP contribution in [0.2, 0.25) is 0 Å². The van der Waals surface area contributed by atoms with Crippen LogP contribution in [-0.2, 0) is 24.4 Å². The van der Waals surface area contributed by atoms with E-state index >= 15 is 0 Å². The van der Waals surface area contributed by atoms with Crippen LogP contribution in [0.25, 0.3) is 10.8 Å². The molecule has 16 heteroatoms. The van der Waals surface area contributed by atoms with Crippen molar-refractivity contribution in [2.75, 3.05) is 26.2 Å². The van der Waals surface area contributed by atoms with Gasteiger partial charge in [0.25, 0.3) is 0 Å². The van der Waals surface area contributed by atoms with Gasteiger partial charge < -0.3 is 26.4 Å². The number of nitrogens with two attached hydrogens (primary N) is 1. The third-order valence-corrected chi connectivity index (χ3v) is 9.12. The quantitative estimate of drug-likeness (QED) is 0.174. The highest BCUT2D eigenvalue weighted by molar-refractivity contribution is 7.89. The summed E-state index contributed by atoms with van der Waals surface area (Å²) < 4.78 is 61.0. The SMILES string of the molecule is N=C(N)N1CCCC(CNC(=O)C[C@@H](NS(=O)(=O)c2ccc3ccccc3c2)C(=O)C2CCCCCN2)C1.O=C(O)C(F)(F)F. The predicted octanol–water partition coefficient (Wildman–Crippen LogP) is 2.33. The van der Waals surface area contributed by atoms with Gasteiger partial charge in [-0.25, -0.2) is 17.9 Å². The number of alkyl halides is 3. The fourth-order valence-electron chi connectivity index (χ4n) is 5.27. The van der Waals surface area contributed by atoms with Gasteiger partial charge in [0.1, 0.15) is 0 Å². The highest BCUT2D eigenvalue weighted by Crippen LogP contribution is 2.21. The molecule has 45 heavy (non-hydrogen) atoms. The first-order valence-corrected chi connectivity index (χ1v) is 16.1. The molecule has 2 aromatic rings. The molecule has 2 unspecified atom stereocenters. The van der Waals surface area contributed by atoms with Gasteiger partial charge in [-0.1, -0.05) is 43.2 Å². The number of ketones is 1. The Morgan fingerprint density at radius 3 is 2.42 bits per heavy atom. The molecule has 2 heterocycles. The fraction of sp³-hybridized carbons (Fsp3) is 0.517. The van der Waals surface area contributed by atoms with Gasteiger partial charge in [0.15, 0.2) is 11.7 Å². The summed E-state index contributed by atoms with van der Waals surface area (Å²) in [6, 6.07) is 10.6. The Morgan fingerprint density at radius 2 is 1.76 bits per heavy atom. The maximum Gasteiger partial charge on any atom is 0.490 e. The molecule has 7 N–H and O–H groups in total. The largest absolute Gasteiger partial charge is 0.490 e. The lowest BCUT2D eigenvalue weighted by molar-refractivity contribution is -0.192. The Balaban J connectivity index is 0.000000707. The molecule has 0 bridgehead atoms. The van der Waals surface area contributed by atoms with Crippen molar-refractivity contribution in [3.05, 3.63) is 42.5 Å². The van der Waals surface area contributed by atoms with Crippen molar-refractivity contribution >= 4 is 44.4 Å². The van der Waals surface area contributed by atoms with Gasteiger partial charge in [-0.2, -0.15) is 13.2 Å². The molecule has 3 atom stereocenters.